The molecule has 0 spiro atoms. The highest BCUT2D eigenvalue weighted by Crippen LogP contribution is 2.29. The van der Waals surface area contributed by atoms with Gasteiger partial charge in [-0.05, 0) is 35.4 Å². The second kappa shape index (κ2) is 12.6. The minimum atomic E-state index is -0.858. The molecule has 0 fully saturated rings. The Kier molecular flexibility index (Phi) is 10.2. The van der Waals surface area contributed by atoms with Crippen LogP contribution < -0.4 is 0 Å². The topological polar surface area (TPSA) is 79.2 Å². The maximum absolute atomic E-state index is 10.3. The Labute approximate surface area is 180 Å². The summed E-state index contributed by atoms with van der Waals surface area (Å²) in [6.45, 7) is 0.974. The van der Waals surface area contributed by atoms with E-state index in [-0.39, 0.29) is 18.8 Å². The zero-order chi connectivity index (χ0) is 21.1. The Hall–Kier alpha value is -1.92. The Morgan fingerprint density at radius 1 is 1.17 bits per heavy atom. The fourth-order valence-corrected chi connectivity index (χ4v) is 3.18. The van der Waals surface area contributed by atoms with E-state index < -0.39 is 12.2 Å². The predicted molar refractivity (Wildman–Crippen MR) is 116 cm³/mol. The molecule has 29 heavy (non-hydrogen) atoms. The molecule has 156 valence electrons. The Balaban J connectivity index is 1.89. The molecule has 6 heteroatoms. The zero-order valence-electron chi connectivity index (χ0n) is 16.4. The summed E-state index contributed by atoms with van der Waals surface area (Å²) in [5, 5.41) is 30.4. The Morgan fingerprint density at radius 2 is 1.93 bits per heavy atom. The van der Waals surface area contributed by atoms with Crippen molar-refractivity contribution in [1.82, 2.24) is 0 Å². The number of hydrogen-bond donors (Lipinski definition) is 3. The maximum Gasteiger partial charge on any atom is 0.121 e. The van der Waals surface area contributed by atoms with Gasteiger partial charge in [-0.15, -0.1) is 5.73 Å². The number of halogens is 1. The molecule has 2 aromatic carbocycles. The standard InChI is InChI=1S/C23H27BrO5/c1-28-14-18(12-20(25)16-29-15-17-6-3-2-4-7-17)8-5-9-22(26)21-13-19(24)10-11-23(21)27/h2-7,10-11,13,20,22,25-27H,9,12,14-16H2,1H3/t8?,20-,22-/m1/s1. The smallest absolute Gasteiger partial charge is 0.121 e. The summed E-state index contributed by atoms with van der Waals surface area (Å²) in [5.74, 6) is 0.0428. The lowest BCUT2D eigenvalue weighted by Crippen LogP contribution is -2.17. The predicted octanol–water partition coefficient (Wildman–Crippen LogP) is 4.27. The Morgan fingerprint density at radius 3 is 2.66 bits per heavy atom. The van der Waals surface area contributed by atoms with Crippen LogP contribution in [0.3, 0.4) is 0 Å². The summed E-state index contributed by atoms with van der Waals surface area (Å²) in [4.78, 5) is 0. The molecule has 0 aliphatic heterocycles. The number of methoxy groups -OCH3 is 1. The summed E-state index contributed by atoms with van der Waals surface area (Å²) >= 11 is 3.33. The number of aromatic hydroxyl groups is 1. The van der Waals surface area contributed by atoms with Gasteiger partial charge in [0.25, 0.3) is 0 Å². The van der Waals surface area contributed by atoms with Crippen molar-refractivity contribution in [1.29, 1.82) is 0 Å². The molecule has 0 amide bonds. The van der Waals surface area contributed by atoms with Crippen LogP contribution in [0.4, 0.5) is 0 Å². The van der Waals surface area contributed by atoms with E-state index in [0.717, 1.165) is 15.6 Å². The highest BCUT2D eigenvalue weighted by atomic mass is 79.9. The lowest BCUT2D eigenvalue weighted by Gasteiger charge is -2.13. The van der Waals surface area contributed by atoms with E-state index in [2.05, 4.69) is 21.7 Å². The molecule has 2 atom stereocenters. The first kappa shape index (κ1) is 23.4. The molecule has 0 aromatic heterocycles. The SMILES string of the molecule is COCC(=C=CC[C@@H](O)c1cc(Br)ccc1O)C[C@@H](O)COCc1ccccc1. The number of aliphatic hydroxyl groups excluding tert-OH is 2. The van der Waals surface area contributed by atoms with Crippen molar-refractivity contribution in [3.8, 4) is 5.75 Å². The van der Waals surface area contributed by atoms with Gasteiger partial charge in [-0.3, -0.25) is 0 Å². The van der Waals surface area contributed by atoms with E-state index in [0.29, 0.717) is 25.2 Å². The molecule has 0 bridgehead atoms. The van der Waals surface area contributed by atoms with E-state index in [4.69, 9.17) is 9.47 Å². The van der Waals surface area contributed by atoms with Gasteiger partial charge in [0, 0.05) is 30.0 Å². The zero-order valence-corrected chi connectivity index (χ0v) is 18.0. The Bertz CT molecular complexity index is 815. The number of hydrogen-bond acceptors (Lipinski definition) is 5. The van der Waals surface area contributed by atoms with Gasteiger partial charge in [0.1, 0.15) is 5.75 Å². The average molecular weight is 463 g/mol. The highest BCUT2D eigenvalue weighted by molar-refractivity contribution is 9.10. The molecular weight excluding hydrogens is 436 g/mol. The second-order valence-corrected chi connectivity index (χ2v) is 7.61. The number of phenols is 1. The van der Waals surface area contributed by atoms with Crippen LogP contribution in [0.1, 0.15) is 30.1 Å². The summed E-state index contributed by atoms with van der Waals surface area (Å²) in [7, 11) is 1.58. The molecule has 0 aliphatic carbocycles. The molecule has 0 saturated heterocycles. The van der Waals surface area contributed by atoms with Gasteiger partial charge in [0.15, 0.2) is 0 Å². The van der Waals surface area contributed by atoms with Crippen molar-refractivity contribution in [2.75, 3.05) is 20.3 Å². The minimum absolute atomic E-state index is 0.0428. The van der Waals surface area contributed by atoms with Crippen molar-refractivity contribution >= 4 is 15.9 Å². The van der Waals surface area contributed by atoms with Gasteiger partial charge in [-0.2, -0.15) is 0 Å². The molecule has 0 radical (unpaired) electrons. The van der Waals surface area contributed by atoms with Crippen LogP contribution in [0.5, 0.6) is 5.75 Å². The van der Waals surface area contributed by atoms with E-state index in [1.54, 1.807) is 25.3 Å². The van der Waals surface area contributed by atoms with Crippen LogP contribution in [0.25, 0.3) is 0 Å². The van der Waals surface area contributed by atoms with Gasteiger partial charge in [-0.1, -0.05) is 46.3 Å². The van der Waals surface area contributed by atoms with Crippen LogP contribution in [-0.2, 0) is 16.1 Å². The molecule has 5 nitrogen and oxygen atoms in total. The lowest BCUT2D eigenvalue weighted by molar-refractivity contribution is 0.0273. The van der Waals surface area contributed by atoms with Gasteiger partial charge < -0.3 is 24.8 Å². The third kappa shape index (κ3) is 8.54. The van der Waals surface area contributed by atoms with E-state index >= 15 is 0 Å². The number of rotatable bonds is 11. The second-order valence-electron chi connectivity index (χ2n) is 6.70. The first-order valence-electron chi connectivity index (χ1n) is 9.37. The third-order valence-electron chi connectivity index (χ3n) is 4.22. The number of phenolic OH excluding ortho intramolecular Hbond substituents is 1. The van der Waals surface area contributed by atoms with Gasteiger partial charge in [0.05, 0.1) is 32.0 Å². The highest BCUT2D eigenvalue weighted by Gasteiger charge is 2.12. The van der Waals surface area contributed by atoms with Gasteiger partial charge in [0.2, 0.25) is 0 Å². The summed E-state index contributed by atoms with van der Waals surface area (Å²) < 4.78 is 11.5. The largest absolute Gasteiger partial charge is 0.508 e. The van der Waals surface area contributed by atoms with Crippen molar-refractivity contribution in [3.63, 3.8) is 0 Å². The molecule has 0 unspecified atom stereocenters. The fraction of sp³-hybridized carbons (Fsp3) is 0.348. The third-order valence-corrected chi connectivity index (χ3v) is 4.71. The van der Waals surface area contributed by atoms with Crippen LogP contribution in [0, 0.1) is 0 Å². The molecule has 2 aromatic rings. The van der Waals surface area contributed by atoms with Gasteiger partial charge >= 0.3 is 0 Å². The summed E-state index contributed by atoms with van der Waals surface area (Å²) in [6, 6.07) is 14.7. The van der Waals surface area contributed by atoms with Crippen molar-refractivity contribution < 1.29 is 24.8 Å². The quantitative estimate of drug-likeness (QED) is 0.434. The van der Waals surface area contributed by atoms with E-state index in [1.165, 1.54) is 6.07 Å². The molecule has 2 rings (SSSR count). The van der Waals surface area contributed by atoms with Crippen molar-refractivity contribution in [3.05, 3.63) is 81.5 Å². The average Bonchev–Trinajstić information content (AvgIpc) is 2.70. The van der Waals surface area contributed by atoms with Gasteiger partial charge in [-0.25, -0.2) is 0 Å². The summed E-state index contributed by atoms with van der Waals surface area (Å²) in [5.41, 5.74) is 5.36. The molecular formula is C23H27BrO5. The number of ether oxygens (including phenoxy) is 2. The van der Waals surface area contributed by atoms with Crippen LogP contribution >= 0.6 is 15.9 Å². The van der Waals surface area contributed by atoms with Crippen LogP contribution in [-0.4, -0.2) is 41.7 Å². The number of aliphatic hydroxyl groups is 2. The van der Waals surface area contributed by atoms with Crippen molar-refractivity contribution in [2.24, 2.45) is 0 Å². The van der Waals surface area contributed by atoms with E-state index in [9.17, 15) is 15.3 Å². The monoisotopic (exact) mass is 462 g/mol. The van der Waals surface area contributed by atoms with E-state index in [1.807, 2.05) is 30.3 Å². The number of benzene rings is 2. The normalized spacial score (nSPS) is 12.8. The molecule has 0 aliphatic rings. The molecule has 0 saturated carbocycles. The minimum Gasteiger partial charge on any atom is -0.508 e. The molecule has 3 N–H and O–H groups in total. The van der Waals surface area contributed by atoms with Crippen LogP contribution in [0.15, 0.2) is 70.4 Å². The maximum atomic E-state index is 10.3. The molecule has 0 heterocycles. The fourth-order valence-electron chi connectivity index (χ4n) is 2.80. The summed E-state index contributed by atoms with van der Waals surface area (Å²) in [6.07, 6.45) is 0.790. The van der Waals surface area contributed by atoms with Crippen LogP contribution in [0.2, 0.25) is 0 Å². The first-order chi connectivity index (χ1) is 14.0. The lowest BCUT2D eigenvalue weighted by atomic mass is 10.0. The van der Waals surface area contributed by atoms with Crippen molar-refractivity contribution in [2.45, 2.75) is 31.7 Å². The first-order valence-corrected chi connectivity index (χ1v) is 10.2.